The third-order valence-electron chi connectivity index (χ3n) is 2.10. The van der Waals surface area contributed by atoms with Gasteiger partial charge in [-0.2, -0.15) is 0 Å². The fourth-order valence-electron chi connectivity index (χ4n) is 1.15. The van der Waals surface area contributed by atoms with Crippen LogP contribution in [-0.4, -0.2) is 19.3 Å². The lowest BCUT2D eigenvalue weighted by atomic mass is 10.1. The molecule has 0 aromatic heterocycles. The molecule has 1 aliphatic heterocycles. The topological polar surface area (TPSA) is 21.8 Å². The molecule has 0 saturated carbocycles. The number of rotatable bonds is 8. The maximum Gasteiger partial charge on any atom is 0.116 e. The van der Waals surface area contributed by atoms with E-state index in [1.165, 1.54) is 25.7 Å². The molecule has 0 aromatic carbocycles. The first-order chi connectivity index (χ1) is 6.43. The maximum atomic E-state index is 5.26. The van der Waals surface area contributed by atoms with Gasteiger partial charge in [-0.1, -0.05) is 26.2 Å². The van der Waals surface area contributed by atoms with Crippen LogP contribution in [0.5, 0.6) is 0 Å². The van der Waals surface area contributed by atoms with Crippen LogP contribution in [0.2, 0.25) is 0 Å². The minimum Gasteiger partial charge on any atom is -0.499 e. The Balaban J connectivity index is 1.75. The second-order valence-corrected chi connectivity index (χ2v) is 3.51. The predicted octanol–water partition coefficient (Wildman–Crippen LogP) is 2.89. The molecule has 76 valence electrons. The molecule has 0 aromatic rings. The number of hydrogen-bond acceptors (Lipinski definition) is 2. The quantitative estimate of drug-likeness (QED) is 0.329. The molecule has 1 aliphatic rings. The van der Waals surface area contributed by atoms with Crippen LogP contribution in [0.4, 0.5) is 0 Å². The lowest BCUT2D eigenvalue weighted by Gasteiger charge is -1.96. The SMILES string of the molecule is CCCCCC/C=C/OCC1CO1. The molecule has 13 heavy (non-hydrogen) atoms. The molecule has 0 bridgehead atoms. The van der Waals surface area contributed by atoms with Gasteiger partial charge in [0, 0.05) is 0 Å². The summed E-state index contributed by atoms with van der Waals surface area (Å²) < 4.78 is 10.3. The third kappa shape index (κ3) is 6.64. The van der Waals surface area contributed by atoms with Crippen LogP contribution in [0.1, 0.15) is 39.0 Å². The summed E-state index contributed by atoms with van der Waals surface area (Å²) in [6.45, 7) is 3.84. The summed E-state index contributed by atoms with van der Waals surface area (Å²) in [6, 6.07) is 0. The second kappa shape index (κ2) is 6.96. The molecule has 2 nitrogen and oxygen atoms in total. The molecule has 1 atom stereocenters. The van der Waals surface area contributed by atoms with E-state index < -0.39 is 0 Å². The number of hydrogen-bond donors (Lipinski definition) is 0. The van der Waals surface area contributed by atoms with Crippen molar-refractivity contribution in [3.05, 3.63) is 12.3 Å². The van der Waals surface area contributed by atoms with Gasteiger partial charge in [-0.3, -0.25) is 0 Å². The van der Waals surface area contributed by atoms with Crippen LogP contribution in [0.15, 0.2) is 12.3 Å². The van der Waals surface area contributed by atoms with Crippen molar-refractivity contribution >= 4 is 0 Å². The van der Waals surface area contributed by atoms with Gasteiger partial charge in [-0.05, 0) is 18.9 Å². The minimum atomic E-state index is 0.379. The average Bonchev–Trinajstić information content (AvgIpc) is 2.93. The van der Waals surface area contributed by atoms with E-state index >= 15 is 0 Å². The fraction of sp³-hybridized carbons (Fsp3) is 0.818. The largest absolute Gasteiger partial charge is 0.499 e. The van der Waals surface area contributed by atoms with Gasteiger partial charge in [0.05, 0.1) is 12.9 Å². The summed E-state index contributed by atoms with van der Waals surface area (Å²) in [5, 5.41) is 0. The van der Waals surface area contributed by atoms with E-state index in [2.05, 4.69) is 13.0 Å². The molecule has 0 amide bonds. The van der Waals surface area contributed by atoms with Crippen molar-refractivity contribution in [3.8, 4) is 0 Å². The van der Waals surface area contributed by atoms with E-state index in [1.54, 1.807) is 0 Å². The van der Waals surface area contributed by atoms with Gasteiger partial charge < -0.3 is 9.47 Å². The molecule has 2 heteroatoms. The van der Waals surface area contributed by atoms with E-state index in [9.17, 15) is 0 Å². The summed E-state index contributed by atoms with van der Waals surface area (Å²) in [6.07, 6.45) is 10.7. The van der Waals surface area contributed by atoms with Crippen LogP contribution in [-0.2, 0) is 9.47 Å². The summed E-state index contributed by atoms with van der Waals surface area (Å²) in [7, 11) is 0. The van der Waals surface area contributed by atoms with Crippen LogP contribution in [0.25, 0.3) is 0 Å². The van der Waals surface area contributed by atoms with E-state index in [4.69, 9.17) is 9.47 Å². The van der Waals surface area contributed by atoms with E-state index in [0.29, 0.717) is 6.10 Å². The van der Waals surface area contributed by atoms with Crippen LogP contribution in [0, 0.1) is 0 Å². The normalized spacial score (nSPS) is 20.8. The summed E-state index contributed by atoms with van der Waals surface area (Å²) >= 11 is 0. The number of allylic oxidation sites excluding steroid dienone is 1. The Morgan fingerprint density at radius 3 is 2.92 bits per heavy atom. The molecular formula is C11H20O2. The monoisotopic (exact) mass is 184 g/mol. The molecule has 1 saturated heterocycles. The van der Waals surface area contributed by atoms with Crippen molar-refractivity contribution in [3.63, 3.8) is 0 Å². The molecule has 1 heterocycles. The zero-order valence-electron chi connectivity index (χ0n) is 8.50. The van der Waals surface area contributed by atoms with Gasteiger partial charge >= 0.3 is 0 Å². The Kier molecular flexibility index (Phi) is 5.66. The van der Waals surface area contributed by atoms with Crippen molar-refractivity contribution in [2.24, 2.45) is 0 Å². The second-order valence-electron chi connectivity index (χ2n) is 3.51. The summed E-state index contributed by atoms with van der Waals surface area (Å²) in [4.78, 5) is 0. The summed E-state index contributed by atoms with van der Waals surface area (Å²) in [5.74, 6) is 0. The fourth-order valence-corrected chi connectivity index (χ4v) is 1.15. The molecule has 0 spiro atoms. The Bertz CT molecular complexity index is 139. The first-order valence-electron chi connectivity index (χ1n) is 5.31. The molecule has 1 fully saturated rings. The van der Waals surface area contributed by atoms with Crippen molar-refractivity contribution in [1.29, 1.82) is 0 Å². The number of epoxide rings is 1. The predicted molar refractivity (Wildman–Crippen MR) is 53.6 cm³/mol. The zero-order valence-corrected chi connectivity index (χ0v) is 8.50. The Labute approximate surface area is 80.9 Å². The van der Waals surface area contributed by atoms with Crippen molar-refractivity contribution < 1.29 is 9.47 Å². The van der Waals surface area contributed by atoms with Gasteiger partial charge in [0.15, 0.2) is 0 Å². The highest BCUT2D eigenvalue weighted by atomic mass is 16.6. The smallest absolute Gasteiger partial charge is 0.116 e. The standard InChI is InChI=1S/C11H20O2/c1-2-3-4-5-6-7-8-12-9-11-10-13-11/h7-8,11H,2-6,9-10H2,1H3/b8-7+. The number of unbranched alkanes of at least 4 members (excludes halogenated alkanes) is 4. The third-order valence-corrected chi connectivity index (χ3v) is 2.10. The van der Waals surface area contributed by atoms with E-state index in [0.717, 1.165) is 19.6 Å². The summed E-state index contributed by atoms with van der Waals surface area (Å²) in [5.41, 5.74) is 0. The lowest BCUT2D eigenvalue weighted by molar-refractivity contribution is 0.211. The molecule has 0 N–H and O–H groups in total. The molecule has 0 aliphatic carbocycles. The van der Waals surface area contributed by atoms with Crippen molar-refractivity contribution in [2.75, 3.05) is 13.2 Å². The Morgan fingerprint density at radius 1 is 1.38 bits per heavy atom. The van der Waals surface area contributed by atoms with Crippen LogP contribution >= 0.6 is 0 Å². The van der Waals surface area contributed by atoms with Crippen LogP contribution < -0.4 is 0 Å². The highest BCUT2D eigenvalue weighted by Gasteiger charge is 2.22. The first kappa shape index (κ1) is 10.6. The van der Waals surface area contributed by atoms with Crippen molar-refractivity contribution in [2.45, 2.75) is 45.1 Å². The van der Waals surface area contributed by atoms with Gasteiger partial charge in [-0.25, -0.2) is 0 Å². The van der Waals surface area contributed by atoms with Gasteiger partial charge in [0.25, 0.3) is 0 Å². The minimum absolute atomic E-state index is 0.379. The zero-order chi connectivity index (χ0) is 9.36. The van der Waals surface area contributed by atoms with Gasteiger partial charge in [0.1, 0.15) is 12.7 Å². The molecule has 0 radical (unpaired) electrons. The van der Waals surface area contributed by atoms with Gasteiger partial charge in [0.2, 0.25) is 0 Å². The number of ether oxygens (including phenoxy) is 2. The molecular weight excluding hydrogens is 164 g/mol. The van der Waals surface area contributed by atoms with E-state index in [-0.39, 0.29) is 0 Å². The average molecular weight is 184 g/mol. The van der Waals surface area contributed by atoms with E-state index in [1.807, 2.05) is 6.26 Å². The first-order valence-corrected chi connectivity index (χ1v) is 5.31. The highest BCUT2D eigenvalue weighted by molar-refractivity contribution is 4.75. The molecule has 1 rings (SSSR count). The van der Waals surface area contributed by atoms with Crippen molar-refractivity contribution in [1.82, 2.24) is 0 Å². The maximum absolute atomic E-state index is 5.26. The molecule has 1 unspecified atom stereocenters. The van der Waals surface area contributed by atoms with Gasteiger partial charge in [-0.15, -0.1) is 0 Å². The Hall–Kier alpha value is -0.500. The Morgan fingerprint density at radius 2 is 2.23 bits per heavy atom. The van der Waals surface area contributed by atoms with Crippen LogP contribution in [0.3, 0.4) is 0 Å². The highest BCUT2D eigenvalue weighted by Crippen LogP contribution is 2.08. The lowest BCUT2D eigenvalue weighted by Crippen LogP contribution is -1.94.